The van der Waals surface area contributed by atoms with Crippen molar-refractivity contribution in [3.63, 3.8) is 0 Å². The fourth-order valence-electron chi connectivity index (χ4n) is 2.53. The van der Waals surface area contributed by atoms with Crippen molar-refractivity contribution in [3.8, 4) is 10.6 Å². The lowest BCUT2D eigenvalue weighted by atomic mass is 10.2. The van der Waals surface area contributed by atoms with Crippen molar-refractivity contribution in [2.75, 3.05) is 12.4 Å². The Bertz CT molecular complexity index is 1080. The lowest BCUT2D eigenvalue weighted by molar-refractivity contribution is -0.115. The summed E-state index contributed by atoms with van der Waals surface area (Å²) in [5, 5.41) is 5.43. The van der Waals surface area contributed by atoms with Crippen LogP contribution >= 0.6 is 11.3 Å². The van der Waals surface area contributed by atoms with Crippen molar-refractivity contribution in [1.29, 1.82) is 0 Å². The summed E-state index contributed by atoms with van der Waals surface area (Å²) in [5.74, 6) is -0.219. The van der Waals surface area contributed by atoms with E-state index in [9.17, 15) is 13.2 Å². The minimum atomic E-state index is -3.55. The summed E-state index contributed by atoms with van der Waals surface area (Å²) in [6.45, 7) is 3.62. The highest BCUT2D eigenvalue weighted by molar-refractivity contribution is 7.89. The minimum absolute atomic E-state index is 0.132. The van der Waals surface area contributed by atoms with Crippen LogP contribution in [0, 0.1) is 0 Å². The third kappa shape index (κ3) is 5.06. The Morgan fingerprint density at radius 2 is 1.93 bits per heavy atom. The van der Waals surface area contributed by atoms with E-state index >= 15 is 0 Å². The van der Waals surface area contributed by atoms with Crippen LogP contribution in [-0.4, -0.2) is 41.7 Å². The second-order valence-electron chi connectivity index (χ2n) is 6.75. The van der Waals surface area contributed by atoms with Gasteiger partial charge in [0.2, 0.25) is 15.9 Å². The van der Waals surface area contributed by atoms with E-state index in [0.717, 1.165) is 10.6 Å². The standard InChI is InChI=1S/C20H22N4O3S2/c1-14(2)24(3)29(26,27)18-8-6-16(7-9-18)22-19(25)11-17-13-28-20(23-17)15-5-4-10-21-12-15/h4-10,12-14H,11H2,1-3H3,(H,22,25). The molecule has 2 heterocycles. The number of amides is 1. The number of hydrogen-bond acceptors (Lipinski definition) is 6. The van der Waals surface area contributed by atoms with Crippen LogP contribution in [0.25, 0.3) is 10.6 Å². The molecular weight excluding hydrogens is 408 g/mol. The van der Waals surface area contributed by atoms with Crippen LogP contribution in [0.1, 0.15) is 19.5 Å². The summed E-state index contributed by atoms with van der Waals surface area (Å²) in [5.41, 5.74) is 2.11. The zero-order chi connectivity index (χ0) is 21.0. The molecule has 0 saturated heterocycles. The van der Waals surface area contributed by atoms with E-state index < -0.39 is 10.0 Å². The number of anilines is 1. The van der Waals surface area contributed by atoms with Gasteiger partial charge in [-0.05, 0) is 50.2 Å². The fraction of sp³-hybridized carbons (Fsp3) is 0.250. The molecule has 9 heteroatoms. The second kappa shape index (κ2) is 8.81. The normalized spacial score (nSPS) is 11.8. The zero-order valence-corrected chi connectivity index (χ0v) is 18.0. The van der Waals surface area contributed by atoms with Gasteiger partial charge in [0, 0.05) is 42.1 Å². The van der Waals surface area contributed by atoms with Gasteiger partial charge in [-0.25, -0.2) is 13.4 Å². The molecule has 0 atom stereocenters. The molecule has 29 heavy (non-hydrogen) atoms. The Balaban J connectivity index is 1.64. The highest BCUT2D eigenvalue weighted by atomic mass is 32.2. The molecule has 3 aromatic rings. The van der Waals surface area contributed by atoms with Crippen LogP contribution in [0.2, 0.25) is 0 Å². The van der Waals surface area contributed by atoms with Crippen LogP contribution in [0.5, 0.6) is 0 Å². The summed E-state index contributed by atoms with van der Waals surface area (Å²) in [7, 11) is -2.00. The molecule has 0 radical (unpaired) electrons. The summed E-state index contributed by atoms with van der Waals surface area (Å²) >= 11 is 1.46. The SMILES string of the molecule is CC(C)N(C)S(=O)(=O)c1ccc(NC(=O)Cc2csc(-c3cccnc3)n2)cc1. The number of carbonyl (C=O) groups excluding carboxylic acids is 1. The van der Waals surface area contributed by atoms with Gasteiger partial charge in [-0.2, -0.15) is 4.31 Å². The number of benzene rings is 1. The van der Waals surface area contributed by atoms with Crippen molar-refractivity contribution in [3.05, 3.63) is 59.9 Å². The minimum Gasteiger partial charge on any atom is -0.326 e. The Labute approximate surface area is 174 Å². The highest BCUT2D eigenvalue weighted by Crippen LogP contribution is 2.23. The lowest BCUT2D eigenvalue weighted by Gasteiger charge is -2.21. The van der Waals surface area contributed by atoms with Crippen molar-refractivity contribution in [2.45, 2.75) is 31.2 Å². The molecule has 0 fully saturated rings. The maximum Gasteiger partial charge on any atom is 0.243 e. The van der Waals surface area contributed by atoms with Gasteiger partial charge in [-0.1, -0.05) is 0 Å². The van der Waals surface area contributed by atoms with Gasteiger partial charge in [0.25, 0.3) is 0 Å². The van der Waals surface area contributed by atoms with E-state index in [1.54, 1.807) is 31.6 Å². The Morgan fingerprint density at radius 3 is 2.55 bits per heavy atom. The quantitative estimate of drug-likeness (QED) is 0.620. The van der Waals surface area contributed by atoms with Crippen molar-refractivity contribution >= 4 is 33.0 Å². The number of nitrogens with zero attached hydrogens (tertiary/aromatic N) is 3. The van der Waals surface area contributed by atoms with E-state index in [-0.39, 0.29) is 23.3 Å². The van der Waals surface area contributed by atoms with Crippen LogP contribution in [0.3, 0.4) is 0 Å². The number of hydrogen-bond donors (Lipinski definition) is 1. The molecule has 3 rings (SSSR count). The number of aromatic nitrogens is 2. The molecule has 1 aromatic carbocycles. The predicted molar refractivity (Wildman–Crippen MR) is 114 cm³/mol. The molecule has 0 unspecified atom stereocenters. The third-order valence-corrected chi connectivity index (χ3v) is 7.33. The summed E-state index contributed by atoms with van der Waals surface area (Å²) in [6.07, 6.45) is 3.56. The van der Waals surface area contributed by atoms with Gasteiger partial charge >= 0.3 is 0 Å². The van der Waals surface area contributed by atoms with Crippen molar-refractivity contribution < 1.29 is 13.2 Å². The summed E-state index contributed by atoms with van der Waals surface area (Å²) in [4.78, 5) is 21.1. The molecule has 0 aliphatic rings. The fourth-order valence-corrected chi connectivity index (χ4v) is 4.71. The molecule has 1 N–H and O–H groups in total. The van der Waals surface area contributed by atoms with Crippen molar-refractivity contribution in [1.82, 2.24) is 14.3 Å². The molecular formula is C20H22N4O3S2. The molecule has 0 aliphatic carbocycles. The van der Waals surface area contributed by atoms with E-state index in [1.165, 1.54) is 27.8 Å². The number of sulfonamides is 1. The zero-order valence-electron chi connectivity index (χ0n) is 16.4. The van der Waals surface area contributed by atoms with E-state index in [4.69, 9.17) is 0 Å². The first-order chi connectivity index (χ1) is 13.8. The van der Waals surface area contributed by atoms with Gasteiger partial charge in [-0.15, -0.1) is 11.3 Å². The highest BCUT2D eigenvalue weighted by Gasteiger charge is 2.22. The maximum absolute atomic E-state index is 12.5. The predicted octanol–water partition coefficient (Wildman–Crippen LogP) is 3.42. The maximum atomic E-state index is 12.5. The Morgan fingerprint density at radius 1 is 1.21 bits per heavy atom. The Hall–Kier alpha value is -2.62. The first-order valence-corrected chi connectivity index (χ1v) is 11.3. The smallest absolute Gasteiger partial charge is 0.243 e. The van der Waals surface area contributed by atoms with Gasteiger partial charge in [-0.3, -0.25) is 9.78 Å². The lowest BCUT2D eigenvalue weighted by Crippen LogP contribution is -2.33. The van der Waals surface area contributed by atoms with Crippen LogP contribution in [-0.2, 0) is 21.2 Å². The summed E-state index contributed by atoms with van der Waals surface area (Å²) < 4.78 is 26.3. The second-order valence-corrected chi connectivity index (χ2v) is 9.61. The van der Waals surface area contributed by atoms with E-state index in [2.05, 4.69) is 15.3 Å². The molecule has 0 saturated carbocycles. The summed E-state index contributed by atoms with van der Waals surface area (Å²) in [6, 6.07) is 9.77. The molecule has 0 aliphatic heterocycles. The third-order valence-electron chi connectivity index (χ3n) is 4.34. The molecule has 2 aromatic heterocycles. The molecule has 1 amide bonds. The molecule has 0 bridgehead atoms. The topological polar surface area (TPSA) is 92.3 Å². The van der Waals surface area contributed by atoms with Gasteiger partial charge in [0.1, 0.15) is 5.01 Å². The monoisotopic (exact) mass is 430 g/mol. The molecule has 152 valence electrons. The van der Waals surface area contributed by atoms with Crippen LogP contribution in [0.15, 0.2) is 59.1 Å². The number of nitrogens with one attached hydrogen (secondary N) is 1. The van der Waals surface area contributed by atoms with E-state index in [1.807, 2.05) is 31.4 Å². The average molecular weight is 431 g/mol. The first-order valence-electron chi connectivity index (χ1n) is 9.00. The van der Waals surface area contributed by atoms with Gasteiger partial charge in [0.05, 0.1) is 17.0 Å². The number of thiazole rings is 1. The first kappa shape index (κ1) is 21.1. The number of carbonyl (C=O) groups is 1. The number of rotatable bonds is 7. The van der Waals surface area contributed by atoms with Gasteiger partial charge in [0.15, 0.2) is 0 Å². The van der Waals surface area contributed by atoms with E-state index in [0.29, 0.717) is 11.4 Å². The van der Waals surface area contributed by atoms with Crippen LogP contribution < -0.4 is 5.32 Å². The molecule has 7 nitrogen and oxygen atoms in total. The Kier molecular flexibility index (Phi) is 6.41. The largest absolute Gasteiger partial charge is 0.326 e. The van der Waals surface area contributed by atoms with Gasteiger partial charge < -0.3 is 5.32 Å². The molecule has 0 spiro atoms. The van der Waals surface area contributed by atoms with Crippen molar-refractivity contribution in [2.24, 2.45) is 0 Å². The average Bonchev–Trinajstić information content (AvgIpc) is 3.16. The number of pyridine rings is 1. The van der Waals surface area contributed by atoms with Crippen LogP contribution in [0.4, 0.5) is 5.69 Å².